The maximum Gasteiger partial charge on any atom is 0.397 e. The van der Waals surface area contributed by atoms with Crippen molar-refractivity contribution in [2.45, 2.75) is 18.6 Å². The van der Waals surface area contributed by atoms with Crippen LogP contribution in [0.5, 0.6) is 0 Å². The first kappa shape index (κ1) is 17.1. The lowest BCUT2D eigenvalue weighted by molar-refractivity contribution is -0.162. The lowest BCUT2D eigenvalue weighted by Gasteiger charge is -2.23. The highest BCUT2D eigenvalue weighted by molar-refractivity contribution is 7.99. The summed E-state index contributed by atoms with van der Waals surface area (Å²) in [6, 6.07) is 7.03. The van der Waals surface area contributed by atoms with E-state index in [9.17, 15) is 22.8 Å². The van der Waals surface area contributed by atoms with Gasteiger partial charge in [0, 0.05) is 11.4 Å². The van der Waals surface area contributed by atoms with E-state index in [-0.39, 0.29) is 11.6 Å². The number of amides is 2. The smallest absolute Gasteiger partial charge is 0.324 e. The van der Waals surface area contributed by atoms with Crippen molar-refractivity contribution in [3.05, 3.63) is 29.8 Å². The number of carbonyl (C=O) groups excluding carboxylic acids is 2. The van der Waals surface area contributed by atoms with Crippen molar-refractivity contribution < 1.29 is 22.8 Å². The molecule has 23 heavy (non-hydrogen) atoms. The van der Waals surface area contributed by atoms with Crippen LogP contribution >= 0.6 is 11.8 Å². The van der Waals surface area contributed by atoms with Gasteiger partial charge in [0.1, 0.15) is 12.5 Å². The minimum atomic E-state index is -4.60. The fourth-order valence-electron chi connectivity index (χ4n) is 2.03. The van der Waals surface area contributed by atoms with Crippen LogP contribution in [0.1, 0.15) is 12.0 Å². The van der Waals surface area contributed by atoms with Crippen LogP contribution in [-0.4, -0.2) is 40.6 Å². The monoisotopic (exact) mass is 343 g/mol. The zero-order valence-electron chi connectivity index (χ0n) is 11.8. The average molecular weight is 343 g/mol. The van der Waals surface area contributed by atoms with Crippen molar-refractivity contribution in [2.24, 2.45) is 0 Å². The lowest BCUT2D eigenvalue weighted by Crippen LogP contribution is -2.45. The van der Waals surface area contributed by atoms with E-state index in [0.29, 0.717) is 11.3 Å². The third-order valence-electron chi connectivity index (χ3n) is 3.14. The van der Waals surface area contributed by atoms with Crippen molar-refractivity contribution in [1.82, 2.24) is 4.90 Å². The largest absolute Gasteiger partial charge is 0.397 e. The Hall–Kier alpha value is -2.21. The van der Waals surface area contributed by atoms with Crippen molar-refractivity contribution in [1.29, 1.82) is 5.26 Å². The summed E-state index contributed by atoms with van der Waals surface area (Å²) in [4.78, 5) is 24.8. The van der Waals surface area contributed by atoms with E-state index in [1.54, 1.807) is 0 Å². The standard InChI is InChI=1S/C14H12F3N3O2S/c15-14(16,17)5-12(21)20-8-23-7-11(20)13(22)19-10-3-1-9(6-18)2-4-10/h1-4,11H,5,7-8H2,(H,19,22)/t11-/m1/s1. The third-order valence-corrected chi connectivity index (χ3v) is 4.15. The maximum atomic E-state index is 12.3. The molecule has 1 aromatic carbocycles. The Balaban J connectivity index is 2.02. The number of thioether (sulfide) groups is 1. The van der Waals surface area contributed by atoms with Gasteiger partial charge in [-0.05, 0) is 24.3 Å². The number of rotatable bonds is 3. The van der Waals surface area contributed by atoms with Gasteiger partial charge in [-0.25, -0.2) is 0 Å². The normalized spacial score (nSPS) is 17.7. The van der Waals surface area contributed by atoms with Gasteiger partial charge in [-0.2, -0.15) is 18.4 Å². The van der Waals surface area contributed by atoms with E-state index >= 15 is 0 Å². The molecular weight excluding hydrogens is 331 g/mol. The number of carbonyl (C=O) groups is 2. The Labute approximate surface area is 134 Å². The third kappa shape index (κ3) is 4.63. The predicted molar refractivity (Wildman–Crippen MR) is 78.4 cm³/mol. The van der Waals surface area contributed by atoms with Crippen LogP contribution in [0.25, 0.3) is 0 Å². The molecule has 1 aliphatic heterocycles. The molecule has 0 unspecified atom stereocenters. The van der Waals surface area contributed by atoms with Crippen LogP contribution in [0.2, 0.25) is 0 Å². The fourth-order valence-corrected chi connectivity index (χ4v) is 3.21. The molecule has 5 nitrogen and oxygen atoms in total. The molecule has 9 heteroatoms. The van der Waals surface area contributed by atoms with Gasteiger partial charge >= 0.3 is 6.18 Å². The highest BCUT2D eigenvalue weighted by atomic mass is 32.2. The molecule has 2 rings (SSSR count). The molecule has 122 valence electrons. The van der Waals surface area contributed by atoms with Gasteiger partial charge in [0.2, 0.25) is 11.8 Å². The van der Waals surface area contributed by atoms with E-state index < -0.39 is 30.5 Å². The van der Waals surface area contributed by atoms with Crippen LogP contribution in [-0.2, 0) is 9.59 Å². The predicted octanol–water partition coefficient (Wildman–Crippen LogP) is 2.35. The van der Waals surface area contributed by atoms with Gasteiger partial charge in [-0.3, -0.25) is 9.59 Å². The molecule has 0 saturated carbocycles. The van der Waals surface area contributed by atoms with Crippen molar-refractivity contribution >= 4 is 29.3 Å². The first-order valence-corrected chi connectivity index (χ1v) is 7.70. The molecular formula is C14H12F3N3O2S. The van der Waals surface area contributed by atoms with E-state index in [1.165, 1.54) is 36.0 Å². The zero-order chi connectivity index (χ0) is 17.0. The van der Waals surface area contributed by atoms with Gasteiger partial charge in [0.05, 0.1) is 17.5 Å². The first-order chi connectivity index (χ1) is 10.8. The Morgan fingerprint density at radius 2 is 2.00 bits per heavy atom. The molecule has 1 N–H and O–H groups in total. The van der Waals surface area contributed by atoms with Gasteiger partial charge in [0.25, 0.3) is 0 Å². The van der Waals surface area contributed by atoms with E-state index in [0.717, 1.165) is 4.90 Å². The lowest BCUT2D eigenvalue weighted by atomic mass is 10.2. The fraction of sp³-hybridized carbons (Fsp3) is 0.357. The summed E-state index contributed by atoms with van der Waals surface area (Å²) in [5.74, 6) is -1.36. The summed E-state index contributed by atoms with van der Waals surface area (Å²) >= 11 is 1.22. The average Bonchev–Trinajstić information content (AvgIpc) is 2.96. The van der Waals surface area contributed by atoms with Crippen LogP contribution in [0.3, 0.4) is 0 Å². The molecule has 1 aliphatic rings. The summed E-state index contributed by atoms with van der Waals surface area (Å²) < 4.78 is 37.0. The van der Waals surface area contributed by atoms with Crippen LogP contribution in [0, 0.1) is 11.3 Å². The topological polar surface area (TPSA) is 73.2 Å². The number of nitrogens with zero attached hydrogens (tertiary/aromatic N) is 2. The van der Waals surface area contributed by atoms with E-state index in [1.807, 2.05) is 6.07 Å². The van der Waals surface area contributed by atoms with Crippen molar-refractivity contribution in [3.63, 3.8) is 0 Å². The first-order valence-electron chi connectivity index (χ1n) is 6.55. The Morgan fingerprint density at radius 1 is 1.35 bits per heavy atom. The van der Waals surface area contributed by atoms with Crippen molar-refractivity contribution in [3.8, 4) is 6.07 Å². The molecule has 0 aromatic heterocycles. The number of halogens is 3. The highest BCUT2D eigenvalue weighted by Gasteiger charge is 2.40. The van der Waals surface area contributed by atoms with Crippen molar-refractivity contribution in [2.75, 3.05) is 16.9 Å². The van der Waals surface area contributed by atoms with Crippen LogP contribution < -0.4 is 5.32 Å². The van der Waals surface area contributed by atoms with E-state index in [2.05, 4.69) is 5.32 Å². The molecule has 1 aromatic rings. The SMILES string of the molecule is N#Cc1ccc(NC(=O)[C@H]2CSCN2C(=O)CC(F)(F)F)cc1. The number of nitriles is 1. The summed E-state index contributed by atoms with van der Waals surface area (Å²) in [6.07, 6.45) is -6.17. The Kier molecular flexibility index (Phi) is 5.15. The van der Waals surface area contributed by atoms with Gasteiger partial charge in [-0.15, -0.1) is 11.8 Å². The number of anilines is 1. The minimum absolute atomic E-state index is 0.0559. The van der Waals surface area contributed by atoms with Gasteiger partial charge in [0.15, 0.2) is 0 Å². The number of benzene rings is 1. The summed E-state index contributed by atoms with van der Waals surface area (Å²) in [5, 5.41) is 11.2. The molecule has 0 spiro atoms. The van der Waals surface area contributed by atoms with E-state index in [4.69, 9.17) is 5.26 Å². The summed E-state index contributed by atoms with van der Waals surface area (Å²) in [7, 11) is 0. The summed E-state index contributed by atoms with van der Waals surface area (Å²) in [6.45, 7) is 0. The second-order valence-corrected chi connectivity index (χ2v) is 5.85. The molecule has 1 heterocycles. The molecule has 0 aliphatic carbocycles. The summed E-state index contributed by atoms with van der Waals surface area (Å²) in [5.41, 5.74) is 0.829. The number of alkyl halides is 3. The molecule has 1 saturated heterocycles. The quantitative estimate of drug-likeness (QED) is 0.914. The number of hydrogen-bond acceptors (Lipinski definition) is 4. The molecule has 0 bridgehead atoms. The second kappa shape index (κ2) is 6.91. The maximum absolute atomic E-state index is 12.3. The van der Waals surface area contributed by atoms with Gasteiger partial charge in [-0.1, -0.05) is 0 Å². The van der Waals surface area contributed by atoms with Crippen LogP contribution in [0.4, 0.5) is 18.9 Å². The number of hydrogen-bond donors (Lipinski definition) is 1. The zero-order valence-corrected chi connectivity index (χ0v) is 12.6. The Morgan fingerprint density at radius 3 is 2.57 bits per heavy atom. The van der Waals surface area contributed by atoms with Crippen LogP contribution in [0.15, 0.2) is 24.3 Å². The second-order valence-electron chi connectivity index (χ2n) is 4.85. The molecule has 1 fully saturated rings. The molecule has 0 radical (unpaired) electrons. The molecule has 1 atom stereocenters. The Bertz CT molecular complexity index is 640. The molecule has 2 amide bonds. The number of nitrogens with one attached hydrogen (secondary N) is 1. The highest BCUT2D eigenvalue weighted by Crippen LogP contribution is 2.27. The minimum Gasteiger partial charge on any atom is -0.324 e. The van der Waals surface area contributed by atoms with Gasteiger partial charge < -0.3 is 10.2 Å².